The van der Waals surface area contributed by atoms with E-state index in [9.17, 15) is 5.11 Å². The van der Waals surface area contributed by atoms with Crippen molar-refractivity contribution in [1.29, 1.82) is 0 Å². The van der Waals surface area contributed by atoms with E-state index in [0.29, 0.717) is 16.7 Å². The maximum Gasteiger partial charge on any atom is 0.0705 e. The maximum absolute atomic E-state index is 10.2. The van der Waals surface area contributed by atoms with Crippen LogP contribution in [-0.2, 0) is 4.74 Å². The molecule has 5 rings (SSSR count). The van der Waals surface area contributed by atoms with Gasteiger partial charge in [0.2, 0.25) is 0 Å². The first-order valence-electron chi connectivity index (χ1n) is 13.8. The fourth-order valence-electron chi connectivity index (χ4n) is 9.49. The summed E-state index contributed by atoms with van der Waals surface area (Å²) in [5.41, 5.74) is 2.69. The van der Waals surface area contributed by atoms with E-state index in [0.717, 1.165) is 43.1 Å². The average molecular weight is 429 g/mol. The van der Waals surface area contributed by atoms with Gasteiger partial charge in [0, 0.05) is 6.61 Å². The summed E-state index contributed by atoms with van der Waals surface area (Å²) in [7, 11) is 0. The molecule has 0 aromatic rings. The second-order valence-corrected chi connectivity index (χ2v) is 13.0. The Balaban J connectivity index is 1.26. The highest BCUT2D eigenvalue weighted by Crippen LogP contribution is 2.66. The van der Waals surface area contributed by atoms with E-state index < -0.39 is 0 Å². The Labute approximate surface area is 191 Å². The Morgan fingerprint density at radius 1 is 1.00 bits per heavy atom. The standard InChI is InChI=1S/C29H48O2/c1-20(2)29(14-5-6-15-29)31-18-13-21-8-10-25-24-9-7-22-19-23(30)11-16-28(22,4)26(24)12-17-27(21,25)3/h7,20-21,23-26,30H,5-6,8-19H2,1-4H3. The summed E-state index contributed by atoms with van der Waals surface area (Å²) in [4.78, 5) is 0. The lowest BCUT2D eigenvalue weighted by Crippen LogP contribution is -2.50. The van der Waals surface area contributed by atoms with Gasteiger partial charge >= 0.3 is 0 Å². The summed E-state index contributed by atoms with van der Waals surface area (Å²) in [6.45, 7) is 10.9. The van der Waals surface area contributed by atoms with Crippen LogP contribution in [0, 0.1) is 40.4 Å². The largest absolute Gasteiger partial charge is 0.393 e. The van der Waals surface area contributed by atoms with Gasteiger partial charge in [-0.3, -0.25) is 0 Å². The van der Waals surface area contributed by atoms with Gasteiger partial charge < -0.3 is 9.84 Å². The summed E-state index contributed by atoms with van der Waals surface area (Å²) < 4.78 is 6.71. The summed E-state index contributed by atoms with van der Waals surface area (Å²) in [5.74, 6) is 4.15. The van der Waals surface area contributed by atoms with E-state index in [-0.39, 0.29) is 11.7 Å². The van der Waals surface area contributed by atoms with Crippen LogP contribution in [0.15, 0.2) is 11.6 Å². The lowest BCUT2D eigenvalue weighted by atomic mass is 9.47. The lowest BCUT2D eigenvalue weighted by molar-refractivity contribution is -0.0885. The van der Waals surface area contributed by atoms with Crippen molar-refractivity contribution in [1.82, 2.24) is 0 Å². The molecule has 0 heterocycles. The molecule has 5 aliphatic carbocycles. The van der Waals surface area contributed by atoms with E-state index in [1.807, 2.05) is 0 Å². The van der Waals surface area contributed by atoms with Gasteiger partial charge in [-0.2, -0.15) is 0 Å². The van der Waals surface area contributed by atoms with Crippen molar-refractivity contribution in [3.63, 3.8) is 0 Å². The van der Waals surface area contributed by atoms with Gasteiger partial charge in [-0.1, -0.05) is 52.2 Å². The highest BCUT2D eigenvalue weighted by molar-refractivity contribution is 5.25. The Morgan fingerprint density at radius 2 is 1.77 bits per heavy atom. The number of aliphatic hydroxyl groups is 1. The molecule has 176 valence electrons. The van der Waals surface area contributed by atoms with Crippen molar-refractivity contribution < 1.29 is 9.84 Å². The molecule has 0 bridgehead atoms. The zero-order valence-electron chi connectivity index (χ0n) is 20.8. The highest BCUT2D eigenvalue weighted by atomic mass is 16.5. The third-order valence-electron chi connectivity index (χ3n) is 11.6. The molecule has 4 saturated carbocycles. The Hall–Kier alpha value is -0.340. The van der Waals surface area contributed by atoms with Crippen molar-refractivity contribution in [2.75, 3.05) is 6.61 Å². The van der Waals surface area contributed by atoms with E-state index in [2.05, 4.69) is 33.8 Å². The second-order valence-electron chi connectivity index (χ2n) is 13.0. The highest BCUT2D eigenvalue weighted by Gasteiger charge is 2.58. The lowest BCUT2D eigenvalue weighted by Gasteiger charge is -2.58. The first kappa shape index (κ1) is 22.5. The van der Waals surface area contributed by atoms with Gasteiger partial charge in [0.05, 0.1) is 11.7 Å². The van der Waals surface area contributed by atoms with E-state index in [1.165, 1.54) is 70.6 Å². The zero-order valence-corrected chi connectivity index (χ0v) is 20.8. The molecule has 0 amide bonds. The third kappa shape index (κ3) is 3.58. The third-order valence-corrected chi connectivity index (χ3v) is 11.6. The molecule has 0 radical (unpaired) electrons. The minimum absolute atomic E-state index is 0.0883. The van der Waals surface area contributed by atoms with Crippen molar-refractivity contribution >= 4 is 0 Å². The van der Waals surface area contributed by atoms with Gasteiger partial charge in [-0.15, -0.1) is 0 Å². The fourth-order valence-corrected chi connectivity index (χ4v) is 9.49. The number of fused-ring (bicyclic) bond motifs is 5. The number of allylic oxidation sites excluding steroid dienone is 1. The van der Waals surface area contributed by atoms with E-state index >= 15 is 0 Å². The summed E-state index contributed by atoms with van der Waals surface area (Å²) in [5, 5.41) is 10.2. The molecule has 2 heteroatoms. The predicted molar refractivity (Wildman–Crippen MR) is 128 cm³/mol. The van der Waals surface area contributed by atoms with Crippen molar-refractivity contribution in [2.24, 2.45) is 40.4 Å². The molecule has 5 aliphatic rings. The summed E-state index contributed by atoms with van der Waals surface area (Å²) >= 11 is 0. The number of ether oxygens (including phenoxy) is 1. The van der Waals surface area contributed by atoms with Gasteiger partial charge in [0.25, 0.3) is 0 Å². The van der Waals surface area contributed by atoms with Gasteiger partial charge in [0.15, 0.2) is 0 Å². The van der Waals surface area contributed by atoms with Crippen LogP contribution in [0.25, 0.3) is 0 Å². The first-order chi connectivity index (χ1) is 14.8. The molecular weight excluding hydrogens is 380 g/mol. The molecule has 0 aliphatic heterocycles. The molecule has 7 atom stereocenters. The van der Waals surface area contributed by atoms with Crippen molar-refractivity contribution in [2.45, 2.75) is 123 Å². The van der Waals surface area contributed by atoms with E-state index in [4.69, 9.17) is 4.74 Å². The SMILES string of the molecule is CC(C)C1(OCCC2CCC3C4CC=C5CC(O)CCC5(C)C4CCC23C)CCCC1. The molecular formula is C29H48O2. The van der Waals surface area contributed by atoms with Crippen LogP contribution in [0.3, 0.4) is 0 Å². The molecule has 1 N–H and O–H groups in total. The van der Waals surface area contributed by atoms with Crippen LogP contribution < -0.4 is 0 Å². The van der Waals surface area contributed by atoms with Crippen molar-refractivity contribution in [3.05, 3.63) is 11.6 Å². The minimum atomic E-state index is -0.0883. The molecule has 0 aromatic carbocycles. The van der Waals surface area contributed by atoms with E-state index in [1.54, 1.807) is 5.57 Å². The van der Waals surface area contributed by atoms with Crippen LogP contribution in [0.2, 0.25) is 0 Å². The van der Waals surface area contributed by atoms with Crippen LogP contribution in [-0.4, -0.2) is 23.4 Å². The molecule has 2 nitrogen and oxygen atoms in total. The number of rotatable bonds is 5. The molecule has 31 heavy (non-hydrogen) atoms. The fraction of sp³-hybridized carbons (Fsp3) is 0.931. The summed E-state index contributed by atoms with van der Waals surface area (Å²) in [6, 6.07) is 0. The molecule has 0 saturated heterocycles. The average Bonchev–Trinajstić information content (AvgIpc) is 3.34. The topological polar surface area (TPSA) is 29.5 Å². The molecule has 0 spiro atoms. The molecule has 0 aromatic heterocycles. The minimum Gasteiger partial charge on any atom is -0.393 e. The summed E-state index contributed by atoms with van der Waals surface area (Å²) in [6.07, 6.45) is 19.2. The predicted octanol–water partition coefficient (Wildman–Crippen LogP) is 7.30. The first-order valence-corrected chi connectivity index (χ1v) is 13.8. The normalized spacial score (nSPS) is 46.4. The molecule has 4 fully saturated rings. The maximum atomic E-state index is 10.2. The Morgan fingerprint density at radius 3 is 2.52 bits per heavy atom. The molecule has 7 unspecified atom stereocenters. The number of aliphatic hydroxyl groups excluding tert-OH is 1. The Bertz CT molecular complexity index is 689. The van der Waals surface area contributed by atoms with Crippen molar-refractivity contribution in [3.8, 4) is 0 Å². The quantitative estimate of drug-likeness (QED) is 0.465. The number of hydrogen-bond acceptors (Lipinski definition) is 2. The van der Waals surface area contributed by atoms with Gasteiger partial charge in [0.1, 0.15) is 0 Å². The zero-order chi connectivity index (χ0) is 21.9. The van der Waals surface area contributed by atoms with Crippen LogP contribution in [0.5, 0.6) is 0 Å². The van der Waals surface area contributed by atoms with Crippen LogP contribution in [0.1, 0.15) is 111 Å². The monoisotopic (exact) mass is 428 g/mol. The second kappa shape index (κ2) is 8.15. The Kier molecular flexibility index (Phi) is 5.91. The van der Waals surface area contributed by atoms with Gasteiger partial charge in [-0.25, -0.2) is 0 Å². The van der Waals surface area contributed by atoms with Crippen LogP contribution >= 0.6 is 0 Å². The van der Waals surface area contributed by atoms with Gasteiger partial charge in [-0.05, 0) is 111 Å². The number of hydrogen-bond donors (Lipinski definition) is 1. The van der Waals surface area contributed by atoms with Crippen LogP contribution in [0.4, 0.5) is 0 Å². The smallest absolute Gasteiger partial charge is 0.0705 e.